The van der Waals surface area contributed by atoms with E-state index in [9.17, 15) is 18.0 Å². The van der Waals surface area contributed by atoms with Crippen molar-refractivity contribution >= 4 is 33.3 Å². The van der Waals surface area contributed by atoms with Gasteiger partial charge in [-0.2, -0.15) is 0 Å². The average molecular weight is 390 g/mol. The van der Waals surface area contributed by atoms with Gasteiger partial charge in [0, 0.05) is 5.69 Å². The van der Waals surface area contributed by atoms with Gasteiger partial charge in [-0.3, -0.25) is 9.10 Å². The molecule has 7 nitrogen and oxygen atoms in total. The molecule has 0 heterocycles. The average Bonchev–Trinajstić information content (AvgIpc) is 2.60. The van der Waals surface area contributed by atoms with Crippen molar-refractivity contribution in [2.45, 2.75) is 19.9 Å². The van der Waals surface area contributed by atoms with E-state index in [0.29, 0.717) is 16.9 Å². The third-order valence-corrected chi connectivity index (χ3v) is 5.16. The van der Waals surface area contributed by atoms with Gasteiger partial charge in [-0.25, -0.2) is 13.2 Å². The van der Waals surface area contributed by atoms with Crippen molar-refractivity contribution in [1.82, 2.24) is 0 Å². The predicted molar refractivity (Wildman–Crippen MR) is 104 cm³/mol. The highest BCUT2D eigenvalue weighted by Gasteiger charge is 2.29. The van der Waals surface area contributed by atoms with E-state index in [1.54, 1.807) is 30.3 Å². The molecule has 0 saturated carbocycles. The maximum absolute atomic E-state index is 12.6. The maximum Gasteiger partial charge on any atom is 0.337 e. The van der Waals surface area contributed by atoms with Crippen molar-refractivity contribution in [3.05, 3.63) is 59.7 Å². The van der Waals surface area contributed by atoms with E-state index in [1.165, 1.54) is 26.2 Å². The van der Waals surface area contributed by atoms with Gasteiger partial charge in [0.05, 0.1) is 24.6 Å². The second-order valence-corrected chi connectivity index (χ2v) is 7.99. The smallest absolute Gasteiger partial charge is 0.337 e. The van der Waals surface area contributed by atoms with Gasteiger partial charge in [-0.15, -0.1) is 0 Å². The molecule has 0 spiro atoms. The van der Waals surface area contributed by atoms with E-state index in [2.05, 4.69) is 10.1 Å². The van der Waals surface area contributed by atoms with E-state index in [0.717, 1.165) is 16.1 Å². The first kappa shape index (κ1) is 20.4. The summed E-state index contributed by atoms with van der Waals surface area (Å²) in [7, 11) is -2.40. The topological polar surface area (TPSA) is 92.8 Å². The largest absolute Gasteiger partial charge is 0.465 e. The normalized spacial score (nSPS) is 12.1. The number of anilines is 2. The van der Waals surface area contributed by atoms with Crippen LogP contribution in [-0.4, -0.2) is 39.7 Å². The van der Waals surface area contributed by atoms with E-state index in [-0.39, 0.29) is 0 Å². The maximum atomic E-state index is 12.6. The van der Waals surface area contributed by atoms with Crippen molar-refractivity contribution in [2.75, 3.05) is 23.0 Å². The molecule has 1 amide bonds. The first-order valence-corrected chi connectivity index (χ1v) is 10.0. The van der Waals surface area contributed by atoms with Crippen LogP contribution in [0.4, 0.5) is 11.4 Å². The summed E-state index contributed by atoms with van der Waals surface area (Å²) in [5.41, 5.74) is 2.09. The molecule has 1 N–H and O–H groups in total. The molecule has 1 atom stereocenters. The van der Waals surface area contributed by atoms with Crippen LogP contribution in [0.25, 0.3) is 0 Å². The van der Waals surface area contributed by atoms with E-state index >= 15 is 0 Å². The lowest BCUT2D eigenvalue weighted by Gasteiger charge is -2.28. The number of hydrogen-bond donors (Lipinski definition) is 1. The lowest BCUT2D eigenvalue weighted by molar-refractivity contribution is -0.116. The molecule has 0 aliphatic carbocycles. The van der Waals surface area contributed by atoms with Gasteiger partial charge in [0.15, 0.2) is 0 Å². The number of aryl methyl sites for hydroxylation is 1. The summed E-state index contributed by atoms with van der Waals surface area (Å²) in [6.07, 6.45) is 1.06. The number of sulfonamides is 1. The Balaban J connectivity index is 2.24. The lowest BCUT2D eigenvalue weighted by Crippen LogP contribution is -2.45. The number of amides is 1. The SMILES string of the molecule is COC(=O)c1ccc(NC(=O)[C@H](C)N(c2cccc(C)c2)S(C)(=O)=O)cc1. The Hall–Kier alpha value is -2.87. The molecule has 144 valence electrons. The Morgan fingerprint density at radius 1 is 1.11 bits per heavy atom. The number of carbonyl (C=O) groups excluding carboxylic acids is 2. The second kappa shape index (κ2) is 8.22. The Labute approximate surface area is 159 Å². The van der Waals surface area contributed by atoms with Gasteiger partial charge in [-0.1, -0.05) is 12.1 Å². The monoisotopic (exact) mass is 390 g/mol. The van der Waals surface area contributed by atoms with E-state index in [1.807, 2.05) is 13.0 Å². The molecule has 0 saturated heterocycles. The minimum Gasteiger partial charge on any atom is -0.465 e. The number of rotatable bonds is 6. The highest BCUT2D eigenvalue weighted by molar-refractivity contribution is 7.92. The molecular formula is C19H22N2O5S. The summed E-state index contributed by atoms with van der Waals surface area (Å²) >= 11 is 0. The number of hydrogen-bond acceptors (Lipinski definition) is 5. The van der Waals surface area contributed by atoms with Crippen LogP contribution in [0, 0.1) is 6.92 Å². The zero-order valence-electron chi connectivity index (χ0n) is 15.6. The van der Waals surface area contributed by atoms with E-state index in [4.69, 9.17) is 0 Å². The van der Waals surface area contributed by atoms with Gasteiger partial charge in [-0.05, 0) is 55.8 Å². The highest BCUT2D eigenvalue weighted by Crippen LogP contribution is 2.22. The Morgan fingerprint density at radius 3 is 2.26 bits per heavy atom. The Kier molecular flexibility index (Phi) is 6.22. The standard InChI is InChI=1S/C19H22N2O5S/c1-13-6-5-7-17(12-13)21(27(4,24)25)14(2)18(22)20-16-10-8-15(9-11-16)19(23)26-3/h5-12,14H,1-4H3,(H,20,22)/t14-/m0/s1. The molecule has 0 aliphatic rings. The first-order valence-electron chi connectivity index (χ1n) is 8.19. The summed E-state index contributed by atoms with van der Waals surface area (Å²) in [4.78, 5) is 24.1. The van der Waals surface area contributed by atoms with Crippen LogP contribution in [-0.2, 0) is 19.6 Å². The van der Waals surface area contributed by atoms with Crippen molar-refractivity contribution in [3.8, 4) is 0 Å². The summed E-state index contributed by atoms with van der Waals surface area (Å²) in [5.74, 6) is -0.975. The molecule has 8 heteroatoms. The van der Waals surface area contributed by atoms with Gasteiger partial charge < -0.3 is 10.1 Å². The Bertz CT molecular complexity index is 939. The van der Waals surface area contributed by atoms with Crippen molar-refractivity contribution in [1.29, 1.82) is 0 Å². The minimum absolute atomic E-state index is 0.348. The molecule has 2 rings (SSSR count). The summed E-state index contributed by atoms with van der Waals surface area (Å²) in [6.45, 7) is 3.36. The fraction of sp³-hybridized carbons (Fsp3) is 0.263. The summed E-state index contributed by atoms with van der Waals surface area (Å²) in [6, 6.07) is 12.1. The number of nitrogens with one attached hydrogen (secondary N) is 1. The third-order valence-electron chi connectivity index (χ3n) is 3.92. The van der Waals surface area contributed by atoms with Crippen LogP contribution in [0.5, 0.6) is 0 Å². The number of esters is 1. The predicted octanol–water partition coefficient (Wildman–Crippen LogP) is 2.57. The van der Waals surface area contributed by atoms with Gasteiger partial charge in [0.1, 0.15) is 6.04 Å². The van der Waals surface area contributed by atoms with Crippen molar-refractivity contribution < 1.29 is 22.7 Å². The summed E-state index contributed by atoms with van der Waals surface area (Å²) in [5, 5.41) is 2.67. The number of benzene rings is 2. The number of nitrogens with zero attached hydrogens (tertiary/aromatic N) is 1. The molecule has 0 aliphatic heterocycles. The Morgan fingerprint density at radius 2 is 1.74 bits per heavy atom. The molecule has 2 aromatic rings. The van der Waals surface area contributed by atoms with Gasteiger partial charge in [0.25, 0.3) is 0 Å². The molecule has 27 heavy (non-hydrogen) atoms. The van der Waals surface area contributed by atoms with Crippen LogP contribution in [0.2, 0.25) is 0 Å². The minimum atomic E-state index is -3.68. The van der Waals surface area contributed by atoms with Crippen LogP contribution < -0.4 is 9.62 Å². The van der Waals surface area contributed by atoms with Gasteiger partial charge in [0.2, 0.25) is 15.9 Å². The third kappa shape index (κ3) is 5.07. The van der Waals surface area contributed by atoms with Crippen LogP contribution >= 0.6 is 0 Å². The quantitative estimate of drug-likeness (QED) is 0.765. The van der Waals surface area contributed by atoms with Crippen LogP contribution in [0.15, 0.2) is 48.5 Å². The number of methoxy groups -OCH3 is 1. The molecule has 0 radical (unpaired) electrons. The molecular weight excluding hydrogens is 368 g/mol. The van der Waals surface area contributed by atoms with Crippen molar-refractivity contribution in [2.24, 2.45) is 0 Å². The van der Waals surface area contributed by atoms with Crippen molar-refractivity contribution in [3.63, 3.8) is 0 Å². The molecule has 0 unspecified atom stereocenters. The van der Waals surface area contributed by atoms with E-state index < -0.39 is 27.9 Å². The van der Waals surface area contributed by atoms with Crippen LogP contribution in [0.1, 0.15) is 22.8 Å². The molecule has 0 bridgehead atoms. The lowest BCUT2D eigenvalue weighted by atomic mass is 10.2. The van der Waals surface area contributed by atoms with Crippen LogP contribution in [0.3, 0.4) is 0 Å². The first-order chi connectivity index (χ1) is 12.6. The fourth-order valence-corrected chi connectivity index (χ4v) is 3.79. The zero-order valence-corrected chi connectivity index (χ0v) is 16.4. The highest BCUT2D eigenvalue weighted by atomic mass is 32.2. The summed E-state index contributed by atoms with van der Waals surface area (Å²) < 4.78 is 30.3. The molecule has 2 aromatic carbocycles. The molecule has 0 fully saturated rings. The number of ether oxygens (including phenoxy) is 1. The van der Waals surface area contributed by atoms with Gasteiger partial charge >= 0.3 is 5.97 Å². The fourth-order valence-electron chi connectivity index (χ4n) is 2.63. The zero-order chi connectivity index (χ0) is 20.2. The molecule has 0 aromatic heterocycles. The number of carbonyl (C=O) groups is 2. The second-order valence-electron chi connectivity index (χ2n) is 6.13.